The van der Waals surface area contributed by atoms with Crippen LogP contribution in [0.1, 0.15) is 35.0 Å². The third-order valence-electron chi connectivity index (χ3n) is 6.19. The third kappa shape index (κ3) is 3.78. The molecule has 0 fully saturated rings. The smallest absolute Gasteiger partial charge is 0.450 e. The summed E-state index contributed by atoms with van der Waals surface area (Å²) in [7, 11) is 0. The molecule has 1 aliphatic rings. The van der Waals surface area contributed by atoms with Crippen molar-refractivity contribution in [1.82, 2.24) is 14.5 Å². The molecule has 4 aromatic rings. The Kier molecular flexibility index (Phi) is 5.30. The van der Waals surface area contributed by atoms with E-state index in [1.165, 1.54) is 17.2 Å². The normalized spacial score (nSPS) is 15.7. The average Bonchev–Trinajstić information content (AvgIpc) is 3.35. The molecule has 2 aromatic heterocycles. The molecule has 0 N–H and O–H groups in total. The van der Waals surface area contributed by atoms with Gasteiger partial charge in [0.05, 0.1) is 11.2 Å². The van der Waals surface area contributed by atoms with Gasteiger partial charge in [0.1, 0.15) is 12.1 Å². The van der Waals surface area contributed by atoms with Crippen LogP contribution in [0.5, 0.6) is 5.88 Å². The van der Waals surface area contributed by atoms with Crippen LogP contribution in [0.2, 0.25) is 0 Å². The number of fused-ring (bicyclic) bond motifs is 2. The first kappa shape index (κ1) is 22.3. The lowest BCUT2D eigenvalue weighted by Crippen LogP contribution is -2.15. The van der Waals surface area contributed by atoms with E-state index in [-0.39, 0.29) is 17.8 Å². The summed E-state index contributed by atoms with van der Waals surface area (Å²) in [6, 6.07) is 8.34. The lowest BCUT2D eigenvalue weighted by Gasteiger charge is -2.17. The van der Waals surface area contributed by atoms with Gasteiger partial charge in [0, 0.05) is 12.3 Å². The molecule has 0 saturated carbocycles. The highest BCUT2D eigenvalue weighted by Gasteiger charge is 2.39. The lowest BCUT2D eigenvalue weighted by molar-refractivity contribution is -0.145. The number of ether oxygens (including phenoxy) is 1. The standard InChI is InChI=1S/C25H20F5N3O/c1-13-8-16-10-21(31-11-17(16)9-13)34-12-15-4-3-5-20(14(15)2)33-23-19(7-6-18(26)22(23)27)32-24(33)25(28,29)30/h3-7,10-11,13H,8-9,12H2,1-2H3. The van der Waals surface area contributed by atoms with Gasteiger partial charge in [-0.25, -0.2) is 18.7 Å². The minimum Gasteiger partial charge on any atom is -0.473 e. The van der Waals surface area contributed by atoms with Crippen LogP contribution in [-0.2, 0) is 25.6 Å². The summed E-state index contributed by atoms with van der Waals surface area (Å²) in [5.74, 6) is -3.00. The number of benzene rings is 2. The summed E-state index contributed by atoms with van der Waals surface area (Å²) in [6.07, 6.45) is -1.17. The fraction of sp³-hybridized carbons (Fsp3) is 0.280. The number of imidazole rings is 1. The number of nitrogens with zero attached hydrogens (tertiary/aromatic N) is 3. The van der Waals surface area contributed by atoms with E-state index in [0.29, 0.717) is 27.5 Å². The molecule has 1 unspecified atom stereocenters. The summed E-state index contributed by atoms with van der Waals surface area (Å²) in [4.78, 5) is 7.89. The Bertz CT molecular complexity index is 1410. The zero-order valence-corrected chi connectivity index (χ0v) is 18.4. The predicted molar refractivity (Wildman–Crippen MR) is 116 cm³/mol. The second-order valence-electron chi connectivity index (χ2n) is 8.65. The predicted octanol–water partition coefficient (Wildman–Crippen LogP) is 6.34. The van der Waals surface area contributed by atoms with Gasteiger partial charge in [-0.15, -0.1) is 0 Å². The highest BCUT2D eigenvalue weighted by atomic mass is 19.4. The Hall–Kier alpha value is -3.49. The zero-order valence-electron chi connectivity index (χ0n) is 18.4. The first-order chi connectivity index (χ1) is 16.1. The molecule has 4 nitrogen and oxygen atoms in total. The summed E-state index contributed by atoms with van der Waals surface area (Å²) in [5, 5.41) is 0. The van der Waals surface area contributed by atoms with Gasteiger partial charge in [-0.2, -0.15) is 13.2 Å². The molecule has 2 heterocycles. The number of aromatic nitrogens is 3. The van der Waals surface area contributed by atoms with Gasteiger partial charge >= 0.3 is 6.18 Å². The van der Waals surface area contributed by atoms with E-state index in [1.807, 2.05) is 6.07 Å². The first-order valence-electron chi connectivity index (χ1n) is 10.8. The van der Waals surface area contributed by atoms with Gasteiger partial charge in [-0.3, -0.25) is 4.57 Å². The molecule has 9 heteroatoms. The zero-order chi connectivity index (χ0) is 24.2. The average molecular weight is 473 g/mol. The molecule has 0 radical (unpaired) electrons. The van der Waals surface area contributed by atoms with Gasteiger partial charge in [0.25, 0.3) is 0 Å². The molecule has 2 aromatic carbocycles. The van der Waals surface area contributed by atoms with Crippen LogP contribution in [0.25, 0.3) is 16.7 Å². The molecule has 0 saturated heterocycles. The maximum atomic E-state index is 14.6. The van der Waals surface area contributed by atoms with Crippen molar-refractivity contribution < 1.29 is 26.7 Å². The second-order valence-corrected chi connectivity index (χ2v) is 8.65. The molecule has 1 atom stereocenters. The molecule has 176 valence electrons. The lowest BCUT2D eigenvalue weighted by atomic mass is 10.1. The molecule has 0 spiro atoms. The minimum atomic E-state index is -4.88. The second kappa shape index (κ2) is 8.07. The van der Waals surface area contributed by atoms with Crippen LogP contribution in [0.15, 0.2) is 42.6 Å². The summed E-state index contributed by atoms with van der Waals surface area (Å²) in [6.45, 7) is 3.82. The van der Waals surface area contributed by atoms with Crippen LogP contribution in [-0.4, -0.2) is 14.5 Å². The Morgan fingerprint density at radius 3 is 2.62 bits per heavy atom. The van der Waals surface area contributed by atoms with E-state index in [1.54, 1.807) is 25.3 Å². The molecule has 0 amide bonds. The maximum Gasteiger partial charge on any atom is 0.450 e. The van der Waals surface area contributed by atoms with Crippen molar-refractivity contribution in [3.63, 3.8) is 0 Å². The monoisotopic (exact) mass is 473 g/mol. The fourth-order valence-corrected chi connectivity index (χ4v) is 4.53. The van der Waals surface area contributed by atoms with E-state index in [2.05, 4.69) is 16.9 Å². The van der Waals surface area contributed by atoms with Crippen molar-refractivity contribution in [2.75, 3.05) is 0 Å². The van der Waals surface area contributed by atoms with Crippen LogP contribution >= 0.6 is 0 Å². The molecular formula is C25H20F5N3O. The first-order valence-corrected chi connectivity index (χ1v) is 10.8. The maximum absolute atomic E-state index is 14.6. The van der Waals surface area contributed by atoms with Crippen molar-refractivity contribution in [2.45, 2.75) is 39.5 Å². The number of alkyl halides is 3. The molecule has 5 rings (SSSR count). The van der Waals surface area contributed by atoms with E-state index >= 15 is 0 Å². The summed E-state index contributed by atoms with van der Waals surface area (Å²) < 4.78 is 76.5. The van der Waals surface area contributed by atoms with Crippen molar-refractivity contribution in [2.24, 2.45) is 5.92 Å². The topological polar surface area (TPSA) is 39.9 Å². The van der Waals surface area contributed by atoms with Gasteiger partial charge < -0.3 is 4.74 Å². The van der Waals surface area contributed by atoms with Crippen LogP contribution in [0.4, 0.5) is 22.0 Å². The quantitative estimate of drug-likeness (QED) is 0.325. The van der Waals surface area contributed by atoms with E-state index < -0.39 is 29.2 Å². The van der Waals surface area contributed by atoms with Crippen LogP contribution < -0.4 is 4.74 Å². The van der Waals surface area contributed by atoms with Crippen molar-refractivity contribution in [1.29, 1.82) is 0 Å². The van der Waals surface area contributed by atoms with Crippen LogP contribution in [0.3, 0.4) is 0 Å². The third-order valence-corrected chi connectivity index (χ3v) is 6.19. The van der Waals surface area contributed by atoms with Gasteiger partial charge in [-0.1, -0.05) is 19.1 Å². The Morgan fingerprint density at radius 1 is 1.09 bits per heavy atom. The number of halogens is 5. The number of pyridine rings is 1. The molecule has 0 aliphatic heterocycles. The van der Waals surface area contributed by atoms with Crippen molar-refractivity contribution in [3.05, 3.63) is 82.3 Å². The van der Waals surface area contributed by atoms with Gasteiger partial charge in [-0.05, 0) is 66.1 Å². The SMILES string of the molecule is Cc1c(COc2cc3c(cn2)CC(C)C3)cccc1-n1c(C(F)(F)F)nc2ccc(F)c(F)c21. The number of hydrogen-bond acceptors (Lipinski definition) is 3. The highest BCUT2D eigenvalue weighted by Crippen LogP contribution is 2.36. The van der Waals surface area contributed by atoms with Crippen LogP contribution in [0, 0.1) is 24.5 Å². The van der Waals surface area contributed by atoms with Crippen molar-refractivity contribution >= 4 is 11.0 Å². The summed E-state index contributed by atoms with van der Waals surface area (Å²) in [5.41, 5.74) is 2.56. The van der Waals surface area contributed by atoms with Crippen molar-refractivity contribution in [3.8, 4) is 11.6 Å². The largest absolute Gasteiger partial charge is 0.473 e. The summed E-state index contributed by atoms with van der Waals surface area (Å²) >= 11 is 0. The Morgan fingerprint density at radius 2 is 1.85 bits per heavy atom. The Balaban J connectivity index is 1.55. The number of rotatable bonds is 4. The fourth-order valence-electron chi connectivity index (χ4n) is 4.53. The molecular weight excluding hydrogens is 453 g/mol. The Labute approximate surface area is 192 Å². The van der Waals surface area contributed by atoms with E-state index in [0.717, 1.165) is 25.0 Å². The molecule has 34 heavy (non-hydrogen) atoms. The molecule has 0 bridgehead atoms. The molecule has 1 aliphatic carbocycles. The highest BCUT2D eigenvalue weighted by molar-refractivity contribution is 5.80. The van der Waals surface area contributed by atoms with Gasteiger partial charge in [0.2, 0.25) is 11.7 Å². The van der Waals surface area contributed by atoms with E-state index in [4.69, 9.17) is 4.74 Å². The minimum absolute atomic E-state index is 0.0381. The van der Waals surface area contributed by atoms with E-state index in [9.17, 15) is 22.0 Å². The number of hydrogen-bond donors (Lipinski definition) is 0. The van der Waals surface area contributed by atoms with Gasteiger partial charge in [0.15, 0.2) is 11.6 Å².